The van der Waals surface area contributed by atoms with Crippen LogP contribution in [0.2, 0.25) is 0 Å². The number of hydrogen-bond donors (Lipinski definition) is 0. The van der Waals surface area contributed by atoms with Crippen LogP contribution in [-0.4, -0.2) is 40.8 Å². The van der Waals surface area contributed by atoms with Crippen molar-refractivity contribution in [1.82, 2.24) is 4.90 Å². The summed E-state index contributed by atoms with van der Waals surface area (Å²) in [6.07, 6.45) is 2.63. The molecule has 3 aromatic rings. The summed E-state index contributed by atoms with van der Waals surface area (Å²) < 4.78 is 7.05. The van der Waals surface area contributed by atoms with Crippen molar-refractivity contribution in [3.63, 3.8) is 0 Å². The van der Waals surface area contributed by atoms with Crippen LogP contribution in [0.4, 0.5) is 5.69 Å². The van der Waals surface area contributed by atoms with E-state index in [-0.39, 0.29) is 24.1 Å². The molecule has 3 heterocycles. The Morgan fingerprint density at radius 2 is 1.67 bits per heavy atom. The van der Waals surface area contributed by atoms with E-state index in [9.17, 15) is 14.4 Å². The minimum atomic E-state index is -1.50. The van der Waals surface area contributed by atoms with E-state index in [2.05, 4.69) is 15.9 Å². The van der Waals surface area contributed by atoms with Crippen LogP contribution in [-0.2, 0) is 4.79 Å². The highest BCUT2D eigenvalue weighted by molar-refractivity contribution is 9.10. The van der Waals surface area contributed by atoms with Gasteiger partial charge in [0.1, 0.15) is 11.7 Å². The molecule has 1 fully saturated rings. The predicted molar refractivity (Wildman–Crippen MR) is 139 cm³/mol. The molecular weight excluding hydrogens is 520 g/mol. The molecule has 0 bridgehead atoms. The molecule has 3 aromatic carbocycles. The van der Waals surface area contributed by atoms with Gasteiger partial charge >= 0.3 is 0 Å². The van der Waals surface area contributed by atoms with Crippen LogP contribution in [0.3, 0.4) is 0 Å². The molecule has 0 radical (unpaired) electrons. The summed E-state index contributed by atoms with van der Waals surface area (Å²) in [5, 5.41) is 0. The number of ketones is 1. The molecule has 1 spiro atoms. The number of rotatable bonds is 2. The van der Waals surface area contributed by atoms with E-state index in [4.69, 9.17) is 4.74 Å². The fourth-order valence-corrected chi connectivity index (χ4v) is 6.27. The number of carbonyl (C=O) groups is 3. The summed E-state index contributed by atoms with van der Waals surface area (Å²) >= 11 is 3.47. The average Bonchev–Trinajstić information content (AvgIpc) is 3.40. The van der Waals surface area contributed by atoms with Crippen molar-refractivity contribution in [2.75, 3.05) is 11.4 Å². The van der Waals surface area contributed by atoms with Crippen molar-refractivity contribution in [3.8, 4) is 5.75 Å². The van der Waals surface area contributed by atoms with Crippen LogP contribution in [0.5, 0.6) is 5.75 Å². The molecule has 3 atom stereocenters. The summed E-state index contributed by atoms with van der Waals surface area (Å²) in [5.41, 5.74) is 1.83. The van der Waals surface area contributed by atoms with Crippen molar-refractivity contribution in [1.29, 1.82) is 0 Å². The fourth-order valence-electron chi connectivity index (χ4n) is 5.81. The standard InChI is InChI=1S/C29H23BrN2O4/c1-17-9-7-10-18(2)24(17)32-27-23(25(33)20-12-4-6-14-22(20)36-27)29(28(32)35)15-8-16-31(29)26(34)19-11-3-5-13-21(19)30/h3-15,23,27H,16H2,1-2H3. The third-order valence-electron chi connectivity index (χ3n) is 7.39. The van der Waals surface area contributed by atoms with E-state index in [1.165, 1.54) is 4.90 Å². The minimum Gasteiger partial charge on any atom is -0.468 e. The lowest BCUT2D eigenvalue weighted by Gasteiger charge is -2.38. The number of aryl methyl sites for hydroxylation is 2. The third kappa shape index (κ3) is 2.99. The number of para-hydroxylation sites is 2. The molecule has 3 aliphatic rings. The van der Waals surface area contributed by atoms with E-state index in [0.717, 1.165) is 11.1 Å². The van der Waals surface area contributed by atoms with Gasteiger partial charge in [-0.3, -0.25) is 19.3 Å². The maximum absolute atomic E-state index is 14.6. The lowest BCUT2D eigenvalue weighted by molar-refractivity contribution is -0.124. The summed E-state index contributed by atoms with van der Waals surface area (Å²) in [4.78, 5) is 45.7. The number of nitrogens with zero attached hydrogens (tertiary/aromatic N) is 2. The number of Topliss-reactive ketones (excluding diaryl/α,β-unsaturated/α-hetero) is 1. The number of halogens is 1. The quantitative estimate of drug-likeness (QED) is 0.423. The Kier molecular flexibility index (Phi) is 5.16. The third-order valence-corrected chi connectivity index (χ3v) is 8.09. The molecule has 0 N–H and O–H groups in total. The number of amides is 2. The molecule has 0 saturated carbocycles. The van der Waals surface area contributed by atoms with Crippen LogP contribution in [0.15, 0.2) is 83.4 Å². The smallest absolute Gasteiger partial charge is 0.261 e. The number of fused-ring (bicyclic) bond motifs is 3. The Bertz CT molecular complexity index is 1460. The molecule has 6 nitrogen and oxygen atoms in total. The van der Waals surface area contributed by atoms with Crippen molar-refractivity contribution < 1.29 is 19.1 Å². The van der Waals surface area contributed by atoms with Gasteiger partial charge in [0.05, 0.1) is 16.8 Å². The number of hydrogen-bond acceptors (Lipinski definition) is 4. The Morgan fingerprint density at radius 3 is 2.42 bits per heavy atom. The lowest BCUT2D eigenvalue weighted by atomic mass is 9.78. The first kappa shape index (κ1) is 22.7. The highest BCUT2D eigenvalue weighted by atomic mass is 79.9. The van der Waals surface area contributed by atoms with Gasteiger partial charge in [0.15, 0.2) is 17.6 Å². The predicted octanol–water partition coefficient (Wildman–Crippen LogP) is 5.08. The van der Waals surface area contributed by atoms with Gasteiger partial charge in [-0.25, -0.2) is 0 Å². The summed E-state index contributed by atoms with van der Waals surface area (Å²) in [7, 11) is 0. The fraction of sp³-hybridized carbons (Fsp3) is 0.207. The molecule has 7 heteroatoms. The SMILES string of the molecule is Cc1cccc(C)c1N1C(=O)C2(C=CCN2C(=O)c2ccccc2Br)C2C(=O)c3ccccc3OC21. The molecule has 0 aliphatic carbocycles. The lowest BCUT2D eigenvalue weighted by Crippen LogP contribution is -2.58. The first-order valence-corrected chi connectivity index (χ1v) is 12.6. The van der Waals surface area contributed by atoms with Crippen molar-refractivity contribution >= 4 is 39.2 Å². The normalized spacial score (nSPS) is 24.2. The number of ether oxygens (including phenoxy) is 1. The van der Waals surface area contributed by atoms with Crippen molar-refractivity contribution in [3.05, 3.63) is 106 Å². The maximum atomic E-state index is 14.6. The Balaban J connectivity index is 1.57. The molecule has 6 rings (SSSR count). The van der Waals surface area contributed by atoms with Gasteiger partial charge < -0.3 is 9.64 Å². The van der Waals surface area contributed by atoms with Gasteiger partial charge in [-0.1, -0.05) is 54.6 Å². The second kappa shape index (κ2) is 8.17. The molecular formula is C29H23BrN2O4. The van der Waals surface area contributed by atoms with E-state index < -0.39 is 17.7 Å². The molecule has 1 saturated heterocycles. The number of benzene rings is 3. The molecule has 2 amide bonds. The minimum absolute atomic E-state index is 0.208. The zero-order valence-corrected chi connectivity index (χ0v) is 21.4. The van der Waals surface area contributed by atoms with E-state index in [0.29, 0.717) is 27.0 Å². The van der Waals surface area contributed by atoms with Crippen LogP contribution in [0, 0.1) is 19.8 Å². The zero-order valence-electron chi connectivity index (χ0n) is 19.8. The first-order valence-electron chi connectivity index (χ1n) is 11.8. The van der Waals surface area contributed by atoms with E-state index in [1.807, 2.05) is 38.1 Å². The van der Waals surface area contributed by atoms with Gasteiger partial charge in [-0.2, -0.15) is 0 Å². The zero-order chi connectivity index (χ0) is 25.2. The van der Waals surface area contributed by atoms with Crippen molar-refractivity contribution in [2.24, 2.45) is 5.92 Å². The Labute approximate surface area is 217 Å². The molecule has 180 valence electrons. The van der Waals surface area contributed by atoms with E-state index >= 15 is 0 Å². The summed E-state index contributed by atoms with van der Waals surface area (Å²) in [6.45, 7) is 4.08. The van der Waals surface area contributed by atoms with Crippen molar-refractivity contribution in [2.45, 2.75) is 25.6 Å². The van der Waals surface area contributed by atoms with Gasteiger partial charge in [-0.15, -0.1) is 0 Å². The Hall–Kier alpha value is -3.71. The second-order valence-electron chi connectivity index (χ2n) is 9.39. The maximum Gasteiger partial charge on any atom is 0.261 e. The highest BCUT2D eigenvalue weighted by Crippen LogP contribution is 2.51. The Morgan fingerprint density at radius 1 is 0.972 bits per heavy atom. The molecule has 3 unspecified atom stereocenters. The largest absolute Gasteiger partial charge is 0.468 e. The molecule has 3 aliphatic heterocycles. The number of anilines is 1. The highest BCUT2D eigenvalue weighted by Gasteiger charge is 2.69. The molecule has 0 aromatic heterocycles. The van der Waals surface area contributed by atoms with Crippen LogP contribution in [0.25, 0.3) is 0 Å². The number of carbonyl (C=O) groups excluding carboxylic acids is 3. The summed E-state index contributed by atoms with van der Waals surface area (Å²) in [5.74, 6) is -1.36. The van der Waals surface area contributed by atoms with Crippen LogP contribution in [0.1, 0.15) is 31.8 Å². The van der Waals surface area contributed by atoms with Gasteiger partial charge in [0.2, 0.25) is 0 Å². The van der Waals surface area contributed by atoms with Gasteiger partial charge in [0, 0.05) is 11.0 Å². The average molecular weight is 543 g/mol. The molecule has 36 heavy (non-hydrogen) atoms. The van der Waals surface area contributed by atoms with Gasteiger partial charge in [-0.05, 0) is 65.2 Å². The van der Waals surface area contributed by atoms with Crippen LogP contribution < -0.4 is 9.64 Å². The topological polar surface area (TPSA) is 66.9 Å². The van der Waals surface area contributed by atoms with E-state index in [1.54, 1.807) is 59.5 Å². The summed E-state index contributed by atoms with van der Waals surface area (Å²) in [6, 6.07) is 20.0. The first-order chi connectivity index (χ1) is 17.4. The second-order valence-corrected chi connectivity index (χ2v) is 10.2. The van der Waals surface area contributed by atoms with Crippen LogP contribution >= 0.6 is 15.9 Å². The van der Waals surface area contributed by atoms with Gasteiger partial charge in [0.25, 0.3) is 11.8 Å². The monoisotopic (exact) mass is 542 g/mol.